The second-order valence-corrected chi connectivity index (χ2v) is 5.61. The summed E-state index contributed by atoms with van der Waals surface area (Å²) in [7, 11) is 0. The van der Waals surface area contributed by atoms with Gasteiger partial charge in [-0.15, -0.1) is 11.3 Å². The Morgan fingerprint density at radius 1 is 1.47 bits per heavy atom. The molecular formula is C12H16N2S. The number of nitrogens with zero attached hydrogens (tertiary/aromatic N) is 1. The summed E-state index contributed by atoms with van der Waals surface area (Å²) in [5.74, 6) is 0. The molecule has 0 saturated heterocycles. The van der Waals surface area contributed by atoms with E-state index >= 15 is 0 Å². The minimum atomic E-state index is 0.806. The van der Waals surface area contributed by atoms with E-state index < -0.39 is 0 Å². The molecular weight excluding hydrogens is 204 g/mol. The van der Waals surface area contributed by atoms with Crippen molar-refractivity contribution in [3.8, 4) is 0 Å². The largest absolute Gasteiger partial charge is 0.309 e. The lowest BCUT2D eigenvalue weighted by atomic mass is 10.2. The number of rotatable bonds is 3. The van der Waals surface area contributed by atoms with Crippen molar-refractivity contribution in [3.63, 3.8) is 0 Å². The topological polar surface area (TPSA) is 24.4 Å². The first-order valence-corrected chi connectivity index (χ1v) is 6.58. The van der Waals surface area contributed by atoms with Crippen LogP contribution in [0.4, 0.5) is 0 Å². The molecule has 2 nitrogen and oxygen atoms in total. The number of aliphatic imine (C=N–C) groups is 1. The molecule has 3 heteroatoms. The van der Waals surface area contributed by atoms with Crippen LogP contribution < -0.4 is 5.32 Å². The third-order valence-corrected chi connectivity index (χ3v) is 4.17. The molecule has 1 aromatic rings. The van der Waals surface area contributed by atoms with E-state index in [4.69, 9.17) is 0 Å². The van der Waals surface area contributed by atoms with Gasteiger partial charge in [-0.3, -0.25) is 4.99 Å². The van der Waals surface area contributed by atoms with Crippen LogP contribution in [0.1, 0.15) is 34.6 Å². The molecule has 1 aromatic heterocycles. The van der Waals surface area contributed by atoms with Gasteiger partial charge in [0.25, 0.3) is 0 Å². The van der Waals surface area contributed by atoms with Crippen LogP contribution in [0, 0.1) is 0 Å². The molecule has 80 valence electrons. The summed E-state index contributed by atoms with van der Waals surface area (Å²) in [6, 6.07) is 3.12. The number of thiophene rings is 1. The summed E-state index contributed by atoms with van der Waals surface area (Å²) >= 11 is 1.96. The fourth-order valence-corrected chi connectivity index (χ4v) is 3.05. The summed E-state index contributed by atoms with van der Waals surface area (Å²) in [5, 5.41) is 3.56. The van der Waals surface area contributed by atoms with Crippen LogP contribution in [0.5, 0.6) is 0 Å². The highest BCUT2D eigenvalue weighted by molar-refractivity contribution is 7.12. The zero-order valence-corrected chi connectivity index (χ0v) is 9.65. The van der Waals surface area contributed by atoms with Crippen molar-refractivity contribution in [2.45, 2.75) is 38.3 Å². The lowest BCUT2D eigenvalue weighted by Gasteiger charge is -1.98. The van der Waals surface area contributed by atoms with Gasteiger partial charge >= 0.3 is 0 Å². The Labute approximate surface area is 94.4 Å². The molecule has 0 aromatic carbocycles. The molecule has 1 fully saturated rings. The van der Waals surface area contributed by atoms with E-state index in [1.54, 1.807) is 0 Å². The van der Waals surface area contributed by atoms with E-state index in [0.717, 1.165) is 19.1 Å². The highest BCUT2D eigenvalue weighted by Gasteiger charge is 2.20. The maximum Gasteiger partial charge on any atom is 0.0392 e. The molecule has 15 heavy (non-hydrogen) atoms. The molecule has 1 N–H and O–H groups in total. The highest BCUT2D eigenvalue weighted by Crippen LogP contribution is 2.26. The first-order valence-electron chi connectivity index (χ1n) is 5.76. The van der Waals surface area contributed by atoms with Gasteiger partial charge in [-0.2, -0.15) is 0 Å². The van der Waals surface area contributed by atoms with Gasteiger partial charge in [-0.1, -0.05) is 0 Å². The van der Waals surface area contributed by atoms with Crippen molar-refractivity contribution >= 4 is 17.6 Å². The molecule has 2 aliphatic rings. The maximum absolute atomic E-state index is 4.39. The second kappa shape index (κ2) is 4.06. The summed E-state index contributed by atoms with van der Waals surface area (Å²) in [5.41, 5.74) is 1.37. The fourth-order valence-electron chi connectivity index (χ4n) is 1.92. The van der Waals surface area contributed by atoms with E-state index in [1.165, 1.54) is 41.0 Å². The average Bonchev–Trinajstić information content (AvgIpc) is 3.02. The van der Waals surface area contributed by atoms with Gasteiger partial charge in [0.05, 0.1) is 0 Å². The van der Waals surface area contributed by atoms with Gasteiger partial charge in [-0.05, 0) is 31.7 Å². The Bertz CT molecular complexity index is 377. The van der Waals surface area contributed by atoms with Crippen LogP contribution >= 0.6 is 11.3 Å². The summed E-state index contributed by atoms with van der Waals surface area (Å²) in [6.07, 6.45) is 7.21. The number of nitrogens with one attached hydrogen (secondary N) is 1. The van der Waals surface area contributed by atoms with E-state index in [-0.39, 0.29) is 0 Å². The van der Waals surface area contributed by atoms with Gasteiger partial charge < -0.3 is 5.32 Å². The maximum atomic E-state index is 4.39. The average molecular weight is 220 g/mol. The lowest BCUT2D eigenvalue weighted by molar-refractivity contribution is 0.695. The molecule has 2 heterocycles. The molecule has 1 saturated carbocycles. The van der Waals surface area contributed by atoms with E-state index in [2.05, 4.69) is 22.6 Å². The molecule has 0 bridgehead atoms. The molecule has 0 spiro atoms. The van der Waals surface area contributed by atoms with Crippen molar-refractivity contribution in [2.24, 2.45) is 4.99 Å². The SMILES string of the molecule is C1=NCCCc2sc(CNC3CC3)cc21. The monoisotopic (exact) mass is 220 g/mol. The summed E-state index contributed by atoms with van der Waals surface area (Å²) in [6.45, 7) is 2.05. The molecule has 1 aliphatic heterocycles. The Kier molecular flexibility index (Phi) is 2.59. The van der Waals surface area contributed by atoms with Gasteiger partial charge in [0, 0.05) is 40.7 Å². The van der Waals surface area contributed by atoms with Gasteiger partial charge in [0.1, 0.15) is 0 Å². The predicted molar refractivity (Wildman–Crippen MR) is 65.0 cm³/mol. The molecule has 0 atom stereocenters. The fraction of sp³-hybridized carbons (Fsp3) is 0.583. The molecule has 3 rings (SSSR count). The van der Waals surface area contributed by atoms with Gasteiger partial charge in [0.15, 0.2) is 0 Å². The standard InChI is InChI=1S/C12H16N2S/c1-2-12-9(7-13-5-1)6-11(15-12)8-14-10-3-4-10/h6-7,10,14H,1-5,8H2. The smallest absolute Gasteiger partial charge is 0.0392 e. The Morgan fingerprint density at radius 2 is 2.40 bits per heavy atom. The van der Waals surface area contributed by atoms with Crippen molar-refractivity contribution in [1.29, 1.82) is 0 Å². The van der Waals surface area contributed by atoms with Crippen LogP contribution in [0.25, 0.3) is 0 Å². The normalized spacial score (nSPS) is 20.0. The third kappa shape index (κ3) is 2.29. The molecule has 0 unspecified atom stereocenters. The summed E-state index contributed by atoms with van der Waals surface area (Å²) in [4.78, 5) is 7.40. The van der Waals surface area contributed by atoms with Gasteiger partial charge in [0.2, 0.25) is 0 Å². The van der Waals surface area contributed by atoms with E-state index in [9.17, 15) is 0 Å². The number of aryl methyl sites for hydroxylation is 1. The third-order valence-electron chi connectivity index (χ3n) is 2.96. The minimum Gasteiger partial charge on any atom is -0.309 e. The summed E-state index contributed by atoms with van der Waals surface area (Å²) < 4.78 is 0. The van der Waals surface area contributed by atoms with Gasteiger partial charge in [-0.25, -0.2) is 0 Å². The predicted octanol–water partition coefficient (Wildman–Crippen LogP) is 2.37. The Hall–Kier alpha value is -0.670. The first kappa shape index (κ1) is 9.55. The van der Waals surface area contributed by atoms with E-state index in [1.807, 2.05) is 11.3 Å². The quantitative estimate of drug-likeness (QED) is 0.831. The van der Waals surface area contributed by atoms with Crippen LogP contribution in [0.3, 0.4) is 0 Å². The van der Waals surface area contributed by atoms with Crippen LogP contribution in [0.2, 0.25) is 0 Å². The second-order valence-electron chi connectivity index (χ2n) is 4.39. The van der Waals surface area contributed by atoms with Crippen molar-refractivity contribution in [2.75, 3.05) is 6.54 Å². The molecule has 0 amide bonds. The molecule has 1 aliphatic carbocycles. The van der Waals surface area contributed by atoms with Crippen molar-refractivity contribution < 1.29 is 0 Å². The Balaban J connectivity index is 1.72. The van der Waals surface area contributed by atoms with Crippen LogP contribution in [-0.2, 0) is 13.0 Å². The van der Waals surface area contributed by atoms with Crippen LogP contribution in [-0.4, -0.2) is 18.8 Å². The first-order chi connectivity index (χ1) is 7.42. The van der Waals surface area contributed by atoms with E-state index in [0.29, 0.717) is 0 Å². The lowest BCUT2D eigenvalue weighted by Crippen LogP contribution is -2.14. The van der Waals surface area contributed by atoms with Crippen molar-refractivity contribution in [3.05, 3.63) is 21.4 Å². The number of fused-ring (bicyclic) bond motifs is 1. The zero-order chi connectivity index (χ0) is 10.1. The zero-order valence-electron chi connectivity index (χ0n) is 8.83. The molecule has 0 radical (unpaired) electrons. The Morgan fingerprint density at radius 3 is 3.27 bits per heavy atom. The van der Waals surface area contributed by atoms with Crippen LogP contribution in [0.15, 0.2) is 11.1 Å². The number of hydrogen-bond acceptors (Lipinski definition) is 3. The number of hydrogen-bond donors (Lipinski definition) is 1. The highest BCUT2D eigenvalue weighted by atomic mass is 32.1. The van der Waals surface area contributed by atoms with Crippen molar-refractivity contribution in [1.82, 2.24) is 5.32 Å². The minimum absolute atomic E-state index is 0.806.